The summed E-state index contributed by atoms with van der Waals surface area (Å²) in [6, 6.07) is 15.8. The number of fused-ring (bicyclic) bond motifs is 2. The van der Waals surface area contributed by atoms with Gasteiger partial charge in [0.25, 0.3) is 0 Å². The molecule has 0 amide bonds. The number of rotatable bonds is 0. The van der Waals surface area contributed by atoms with E-state index in [1.165, 1.54) is 0 Å². The first-order chi connectivity index (χ1) is 7.84. The summed E-state index contributed by atoms with van der Waals surface area (Å²) in [7, 11) is -0.956. The molecular formula is C13H11NOS. The summed E-state index contributed by atoms with van der Waals surface area (Å²) in [5, 5.41) is 3.34. The second-order valence-corrected chi connectivity index (χ2v) is 5.19. The monoisotopic (exact) mass is 229 g/mol. The van der Waals surface area contributed by atoms with Crippen molar-refractivity contribution in [2.24, 2.45) is 0 Å². The molecule has 0 saturated heterocycles. The van der Waals surface area contributed by atoms with Crippen LogP contribution in [0, 0.1) is 0 Å². The Kier molecular flexibility index (Phi) is 2.26. The van der Waals surface area contributed by atoms with Crippen LogP contribution in [-0.2, 0) is 16.6 Å². The zero-order valence-corrected chi connectivity index (χ0v) is 9.46. The van der Waals surface area contributed by atoms with Gasteiger partial charge in [0, 0.05) is 5.69 Å². The topological polar surface area (TPSA) is 29.1 Å². The molecule has 1 N–H and O–H groups in total. The van der Waals surface area contributed by atoms with E-state index in [1.807, 2.05) is 48.5 Å². The number of anilines is 2. The van der Waals surface area contributed by atoms with E-state index in [9.17, 15) is 4.21 Å². The van der Waals surface area contributed by atoms with Crippen LogP contribution in [0.25, 0.3) is 0 Å². The standard InChI is InChI=1S/C13H11NOS/c15-16-9-10-5-1-2-6-11(10)14-12-7-3-4-8-13(12)16/h1-8,14H,9H2/t16-/m0/s1. The Morgan fingerprint density at radius 3 is 2.50 bits per heavy atom. The minimum absolute atomic E-state index is 0.584. The average molecular weight is 229 g/mol. The third kappa shape index (κ3) is 1.53. The van der Waals surface area contributed by atoms with Crippen LogP contribution in [0.5, 0.6) is 0 Å². The summed E-state index contributed by atoms with van der Waals surface area (Å²) < 4.78 is 12.1. The first-order valence-electron chi connectivity index (χ1n) is 5.17. The summed E-state index contributed by atoms with van der Waals surface area (Å²) in [6.45, 7) is 0. The summed E-state index contributed by atoms with van der Waals surface area (Å²) in [5.74, 6) is 0.584. The van der Waals surface area contributed by atoms with E-state index < -0.39 is 10.8 Å². The van der Waals surface area contributed by atoms with Gasteiger partial charge in [0.1, 0.15) is 0 Å². The first kappa shape index (κ1) is 9.60. The van der Waals surface area contributed by atoms with Gasteiger partial charge >= 0.3 is 0 Å². The fraction of sp³-hybridized carbons (Fsp3) is 0.0769. The quantitative estimate of drug-likeness (QED) is 0.752. The maximum absolute atomic E-state index is 12.1. The molecular weight excluding hydrogens is 218 g/mol. The van der Waals surface area contributed by atoms with Crippen LogP contribution in [-0.4, -0.2) is 4.21 Å². The van der Waals surface area contributed by atoms with Crippen molar-refractivity contribution in [3.05, 3.63) is 54.1 Å². The number of hydrogen-bond donors (Lipinski definition) is 1. The van der Waals surface area contributed by atoms with Crippen LogP contribution in [0.4, 0.5) is 11.4 Å². The van der Waals surface area contributed by atoms with E-state index in [-0.39, 0.29) is 0 Å². The van der Waals surface area contributed by atoms with E-state index in [0.717, 1.165) is 21.8 Å². The van der Waals surface area contributed by atoms with Gasteiger partial charge in [0.05, 0.1) is 27.1 Å². The summed E-state index contributed by atoms with van der Waals surface area (Å²) in [6.07, 6.45) is 0. The largest absolute Gasteiger partial charge is 0.354 e. The lowest BCUT2D eigenvalue weighted by atomic mass is 10.2. The van der Waals surface area contributed by atoms with Gasteiger partial charge < -0.3 is 5.32 Å². The zero-order chi connectivity index (χ0) is 11.0. The third-order valence-electron chi connectivity index (χ3n) is 2.71. The van der Waals surface area contributed by atoms with Crippen molar-refractivity contribution in [2.45, 2.75) is 10.6 Å². The maximum atomic E-state index is 12.1. The number of para-hydroxylation sites is 2. The Morgan fingerprint density at radius 1 is 0.938 bits per heavy atom. The van der Waals surface area contributed by atoms with Crippen LogP contribution in [0.1, 0.15) is 5.56 Å². The molecule has 0 aromatic heterocycles. The Labute approximate surface area is 96.8 Å². The smallest absolute Gasteiger partial charge is 0.0626 e. The first-order valence-corrected chi connectivity index (χ1v) is 6.49. The van der Waals surface area contributed by atoms with Gasteiger partial charge in [0.2, 0.25) is 0 Å². The van der Waals surface area contributed by atoms with Crippen molar-refractivity contribution < 1.29 is 4.21 Å². The summed E-state index contributed by atoms with van der Waals surface area (Å²) in [4.78, 5) is 0.888. The molecule has 0 spiro atoms. The predicted octanol–water partition coefficient (Wildman–Crippen LogP) is 3.05. The SMILES string of the molecule is O=[S@]1Cc2ccccc2Nc2ccccc21. The van der Waals surface area contributed by atoms with E-state index >= 15 is 0 Å². The molecule has 2 aromatic carbocycles. The number of nitrogens with one attached hydrogen (secondary N) is 1. The number of benzene rings is 2. The van der Waals surface area contributed by atoms with Gasteiger partial charge in [0.15, 0.2) is 0 Å². The second kappa shape index (κ2) is 3.76. The highest BCUT2D eigenvalue weighted by Crippen LogP contribution is 2.31. The lowest BCUT2D eigenvalue weighted by Crippen LogP contribution is -1.94. The highest BCUT2D eigenvalue weighted by atomic mass is 32.2. The Hall–Kier alpha value is -1.61. The molecule has 1 atom stereocenters. The third-order valence-corrected chi connectivity index (χ3v) is 4.13. The molecule has 1 aliphatic heterocycles. The predicted molar refractivity (Wildman–Crippen MR) is 66.3 cm³/mol. The Morgan fingerprint density at radius 2 is 1.62 bits per heavy atom. The lowest BCUT2D eigenvalue weighted by molar-refractivity contribution is 0.683. The van der Waals surface area contributed by atoms with Gasteiger partial charge in [-0.25, -0.2) is 0 Å². The fourth-order valence-electron chi connectivity index (χ4n) is 1.90. The highest BCUT2D eigenvalue weighted by Gasteiger charge is 2.16. The van der Waals surface area contributed by atoms with E-state index in [4.69, 9.17) is 0 Å². The van der Waals surface area contributed by atoms with Gasteiger partial charge in [-0.05, 0) is 23.8 Å². The van der Waals surface area contributed by atoms with Crippen LogP contribution in [0.3, 0.4) is 0 Å². The van der Waals surface area contributed by atoms with E-state index in [1.54, 1.807) is 0 Å². The molecule has 0 unspecified atom stereocenters. The van der Waals surface area contributed by atoms with Crippen molar-refractivity contribution in [3.8, 4) is 0 Å². The molecule has 16 heavy (non-hydrogen) atoms. The van der Waals surface area contributed by atoms with Crippen LogP contribution >= 0.6 is 0 Å². The van der Waals surface area contributed by atoms with Crippen LogP contribution in [0.2, 0.25) is 0 Å². The second-order valence-electron chi connectivity index (χ2n) is 3.77. The van der Waals surface area contributed by atoms with Crippen LogP contribution < -0.4 is 5.32 Å². The van der Waals surface area contributed by atoms with Crippen molar-refractivity contribution in [2.75, 3.05) is 5.32 Å². The van der Waals surface area contributed by atoms with Gasteiger partial charge in [-0.3, -0.25) is 4.21 Å². The molecule has 3 rings (SSSR count). The van der Waals surface area contributed by atoms with Gasteiger partial charge in [-0.1, -0.05) is 30.3 Å². The molecule has 1 aliphatic rings. The van der Waals surface area contributed by atoms with Crippen molar-refractivity contribution in [3.63, 3.8) is 0 Å². The Balaban J connectivity index is 2.18. The zero-order valence-electron chi connectivity index (χ0n) is 8.64. The number of hydrogen-bond acceptors (Lipinski definition) is 2. The molecule has 2 aromatic rings. The van der Waals surface area contributed by atoms with Crippen molar-refractivity contribution in [1.29, 1.82) is 0 Å². The Bertz CT molecular complexity index is 565. The molecule has 1 heterocycles. The lowest BCUT2D eigenvalue weighted by Gasteiger charge is -2.07. The maximum Gasteiger partial charge on any atom is 0.0626 e. The van der Waals surface area contributed by atoms with Gasteiger partial charge in [-0.15, -0.1) is 0 Å². The van der Waals surface area contributed by atoms with Gasteiger partial charge in [-0.2, -0.15) is 0 Å². The summed E-state index contributed by atoms with van der Waals surface area (Å²) >= 11 is 0. The molecule has 0 fully saturated rings. The molecule has 0 bridgehead atoms. The molecule has 0 radical (unpaired) electrons. The highest BCUT2D eigenvalue weighted by molar-refractivity contribution is 7.84. The fourth-order valence-corrected chi connectivity index (χ4v) is 3.19. The van der Waals surface area contributed by atoms with Crippen molar-refractivity contribution in [1.82, 2.24) is 0 Å². The van der Waals surface area contributed by atoms with E-state index in [0.29, 0.717) is 5.75 Å². The average Bonchev–Trinajstić information content (AvgIpc) is 2.45. The molecule has 0 saturated carbocycles. The minimum atomic E-state index is -0.956. The molecule has 2 nitrogen and oxygen atoms in total. The normalized spacial score (nSPS) is 17.9. The molecule has 80 valence electrons. The molecule has 3 heteroatoms. The minimum Gasteiger partial charge on any atom is -0.354 e. The van der Waals surface area contributed by atoms with Crippen molar-refractivity contribution >= 4 is 22.2 Å². The van der Waals surface area contributed by atoms with E-state index in [2.05, 4.69) is 5.32 Å². The molecule has 0 aliphatic carbocycles. The summed E-state index contributed by atoms with van der Waals surface area (Å²) in [5.41, 5.74) is 3.11. The van der Waals surface area contributed by atoms with Crippen LogP contribution in [0.15, 0.2) is 53.4 Å².